The zero-order valence-electron chi connectivity index (χ0n) is 15.9. The molecule has 29 heavy (non-hydrogen) atoms. The number of halogens is 2. The Morgan fingerprint density at radius 3 is 3.03 bits per heavy atom. The molecular formula is C19H22Cl2N4O3S. The molecule has 1 N–H and O–H groups in total. The lowest BCUT2D eigenvalue weighted by Crippen LogP contribution is -2.47. The van der Waals surface area contributed by atoms with Crippen molar-refractivity contribution in [1.82, 2.24) is 20.2 Å². The van der Waals surface area contributed by atoms with Crippen LogP contribution in [0.5, 0.6) is 5.88 Å². The molecular weight excluding hydrogens is 435 g/mol. The van der Waals surface area contributed by atoms with Gasteiger partial charge in [-0.2, -0.15) is 4.98 Å². The molecule has 0 aliphatic carbocycles. The lowest BCUT2D eigenvalue weighted by Gasteiger charge is -2.33. The van der Waals surface area contributed by atoms with E-state index in [0.717, 1.165) is 25.2 Å². The standard InChI is InChI=1S/C19H22Cl2N4O3S/c1-27-18-4-5-22-19(24-18)29-12-17(26)23-9-14-11-25(6-7-28-14)10-13-2-3-15(20)16(21)8-13/h2-5,8,14H,6-7,9-12H2,1H3,(H,23,26)/t14-/m0/s1. The van der Waals surface area contributed by atoms with Crippen LogP contribution in [0.25, 0.3) is 0 Å². The van der Waals surface area contributed by atoms with E-state index in [1.165, 1.54) is 11.8 Å². The average Bonchev–Trinajstić information content (AvgIpc) is 2.74. The number of hydrogen-bond donors (Lipinski definition) is 1. The van der Waals surface area contributed by atoms with Gasteiger partial charge in [-0.05, 0) is 17.7 Å². The number of rotatable bonds is 8. The molecule has 1 atom stereocenters. The number of ether oxygens (including phenoxy) is 2. The van der Waals surface area contributed by atoms with Gasteiger partial charge >= 0.3 is 0 Å². The number of amides is 1. The number of methoxy groups -OCH3 is 1. The third kappa shape index (κ3) is 7.01. The summed E-state index contributed by atoms with van der Waals surface area (Å²) in [6.45, 7) is 3.39. The molecule has 0 spiro atoms. The van der Waals surface area contributed by atoms with Crippen LogP contribution in [0.3, 0.4) is 0 Å². The Balaban J connectivity index is 1.41. The summed E-state index contributed by atoms with van der Waals surface area (Å²) < 4.78 is 10.8. The molecule has 1 aliphatic rings. The van der Waals surface area contributed by atoms with Crippen molar-refractivity contribution in [3.63, 3.8) is 0 Å². The minimum atomic E-state index is -0.0911. The van der Waals surface area contributed by atoms with Crippen LogP contribution in [0.4, 0.5) is 0 Å². The van der Waals surface area contributed by atoms with Crippen molar-refractivity contribution in [3.05, 3.63) is 46.1 Å². The van der Waals surface area contributed by atoms with Gasteiger partial charge in [0.25, 0.3) is 0 Å². The smallest absolute Gasteiger partial charge is 0.230 e. The molecule has 2 heterocycles. The van der Waals surface area contributed by atoms with Crippen LogP contribution >= 0.6 is 35.0 Å². The number of carbonyl (C=O) groups excluding carboxylic acids is 1. The summed E-state index contributed by atoms with van der Waals surface area (Å²) in [5, 5.41) is 4.52. The average molecular weight is 457 g/mol. The van der Waals surface area contributed by atoms with Crippen molar-refractivity contribution >= 4 is 40.9 Å². The largest absolute Gasteiger partial charge is 0.481 e. The first-order valence-electron chi connectivity index (χ1n) is 9.08. The van der Waals surface area contributed by atoms with Crippen LogP contribution in [0, 0.1) is 0 Å². The van der Waals surface area contributed by atoms with E-state index in [1.54, 1.807) is 25.4 Å². The van der Waals surface area contributed by atoms with Crippen molar-refractivity contribution in [1.29, 1.82) is 0 Å². The molecule has 1 saturated heterocycles. The lowest BCUT2D eigenvalue weighted by atomic mass is 10.2. The number of aromatic nitrogens is 2. The fourth-order valence-electron chi connectivity index (χ4n) is 2.86. The summed E-state index contributed by atoms with van der Waals surface area (Å²) >= 11 is 13.3. The highest BCUT2D eigenvalue weighted by Gasteiger charge is 2.21. The fraction of sp³-hybridized carbons (Fsp3) is 0.421. The van der Waals surface area contributed by atoms with Crippen molar-refractivity contribution in [2.75, 3.05) is 39.1 Å². The maximum atomic E-state index is 12.1. The number of thioether (sulfide) groups is 1. The highest BCUT2D eigenvalue weighted by Crippen LogP contribution is 2.23. The minimum absolute atomic E-state index is 0.0615. The molecule has 7 nitrogen and oxygen atoms in total. The molecule has 0 saturated carbocycles. The Bertz CT molecular complexity index is 843. The van der Waals surface area contributed by atoms with Gasteiger partial charge in [0.05, 0.1) is 35.6 Å². The predicted molar refractivity (Wildman–Crippen MR) is 114 cm³/mol. The van der Waals surface area contributed by atoms with Gasteiger partial charge in [-0.3, -0.25) is 9.69 Å². The van der Waals surface area contributed by atoms with E-state index in [9.17, 15) is 4.79 Å². The van der Waals surface area contributed by atoms with Crippen LogP contribution in [-0.2, 0) is 16.1 Å². The summed E-state index contributed by atoms with van der Waals surface area (Å²) in [5.74, 6) is 0.611. The summed E-state index contributed by atoms with van der Waals surface area (Å²) in [6, 6.07) is 7.32. The molecule has 3 rings (SSSR count). The number of hydrogen-bond acceptors (Lipinski definition) is 7. The zero-order chi connectivity index (χ0) is 20.6. The van der Waals surface area contributed by atoms with Gasteiger partial charge in [-0.15, -0.1) is 0 Å². The van der Waals surface area contributed by atoms with Crippen LogP contribution in [0.15, 0.2) is 35.6 Å². The number of morpholine rings is 1. The first-order valence-corrected chi connectivity index (χ1v) is 10.8. The SMILES string of the molecule is COc1ccnc(SCC(=O)NC[C@H]2CN(Cc3ccc(Cl)c(Cl)c3)CCO2)n1. The van der Waals surface area contributed by atoms with E-state index in [0.29, 0.717) is 34.2 Å². The topological polar surface area (TPSA) is 76.6 Å². The first kappa shape index (κ1) is 22.1. The molecule has 156 valence electrons. The number of benzene rings is 1. The third-order valence-electron chi connectivity index (χ3n) is 4.29. The first-order chi connectivity index (χ1) is 14.0. The minimum Gasteiger partial charge on any atom is -0.481 e. The molecule has 1 amide bonds. The normalized spacial score (nSPS) is 17.1. The summed E-state index contributed by atoms with van der Waals surface area (Å²) in [4.78, 5) is 22.7. The van der Waals surface area contributed by atoms with Crippen molar-refractivity contribution < 1.29 is 14.3 Å². The highest BCUT2D eigenvalue weighted by atomic mass is 35.5. The van der Waals surface area contributed by atoms with Crippen LogP contribution < -0.4 is 10.1 Å². The Labute approximate surface area is 184 Å². The van der Waals surface area contributed by atoms with Gasteiger partial charge in [0.2, 0.25) is 11.8 Å². The number of nitrogens with one attached hydrogen (secondary N) is 1. The summed E-state index contributed by atoms with van der Waals surface area (Å²) in [7, 11) is 1.54. The van der Waals surface area contributed by atoms with Crippen molar-refractivity contribution in [2.24, 2.45) is 0 Å². The quantitative estimate of drug-likeness (QED) is 0.483. The molecule has 0 unspecified atom stereocenters. The Kier molecular flexibility index (Phi) is 8.38. The Morgan fingerprint density at radius 1 is 1.38 bits per heavy atom. The number of nitrogens with zero attached hydrogens (tertiary/aromatic N) is 3. The maximum Gasteiger partial charge on any atom is 0.230 e. The molecule has 1 aromatic heterocycles. The van der Waals surface area contributed by atoms with Gasteiger partial charge in [0.1, 0.15) is 0 Å². The fourth-order valence-corrected chi connectivity index (χ4v) is 3.83. The molecule has 2 aromatic rings. The Hall–Kier alpha value is -1.58. The van der Waals surface area contributed by atoms with E-state index in [4.69, 9.17) is 32.7 Å². The van der Waals surface area contributed by atoms with Gasteiger partial charge in [0, 0.05) is 38.4 Å². The van der Waals surface area contributed by atoms with Gasteiger partial charge in [-0.25, -0.2) is 4.98 Å². The van der Waals surface area contributed by atoms with E-state index in [2.05, 4.69) is 20.2 Å². The van der Waals surface area contributed by atoms with Gasteiger partial charge in [-0.1, -0.05) is 41.0 Å². The lowest BCUT2D eigenvalue weighted by molar-refractivity contribution is -0.119. The van der Waals surface area contributed by atoms with Crippen LogP contribution in [-0.4, -0.2) is 66.0 Å². The molecule has 0 radical (unpaired) electrons. The highest BCUT2D eigenvalue weighted by molar-refractivity contribution is 7.99. The molecule has 10 heteroatoms. The zero-order valence-corrected chi connectivity index (χ0v) is 18.3. The van der Waals surface area contributed by atoms with Crippen molar-refractivity contribution in [2.45, 2.75) is 17.8 Å². The molecule has 0 bridgehead atoms. The second-order valence-corrected chi connectivity index (χ2v) is 8.21. The van der Waals surface area contributed by atoms with E-state index in [-0.39, 0.29) is 17.8 Å². The molecule has 1 aromatic carbocycles. The van der Waals surface area contributed by atoms with Crippen molar-refractivity contribution in [3.8, 4) is 5.88 Å². The van der Waals surface area contributed by atoms with E-state index >= 15 is 0 Å². The van der Waals surface area contributed by atoms with Crippen LogP contribution in [0.2, 0.25) is 10.0 Å². The van der Waals surface area contributed by atoms with E-state index in [1.807, 2.05) is 12.1 Å². The summed E-state index contributed by atoms with van der Waals surface area (Å²) in [5.41, 5.74) is 1.10. The maximum absolute atomic E-state index is 12.1. The van der Waals surface area contributed by atoms with Gasteiger partial charge in [0.15, 0.2) is 5.16 Å². The monoisotopic (exact) mass is 456 g/mol. The molecule has 1 fully saturated rings. The Morgan fingerprint density at radius 2 is 2.24 bits per heavy atom. The second-order valence-electron chi connectivity index (χ2n) is 6.45. The predicted octanol–water partition coefficient (Wildman–Crippen LogP) is 2.90. The van der Waals surface area contributed by atoms with E-state index < -0.39 is 0 Å². The third-order valence-corrected chi connectivity index (χ3v) is 5.89. The van der Waals surface area contributed by atoms with Crippen LogP contribution in [0.1, 0.15) is 5.56 Å². The molecule has 1 aliphatic heterocycles. The number of carbonyl (C=O) groups is 1. The summed E-state index contributed by atoms with van der Waals surface area (Å²) in [6.07, 6.45) is 1.54. The second kappa shape index (κ2) is 11.0. The van der Waals surface area contributed by atoms with Gasteiger partial charge < -0.3 is 14.8 Å².